The summed E-state index contributed by atoms with van der Waals surface area (Å²) < 4.78 is 7.80. The van der Waals surface area contributed by atoms with Crippen LogP contribution in [-0.4, -0.2) is 40.3 Å². The first kappa shape index (κ1) is 28.9. The van der Waals surface area contributed by atoms with Crippen molar-refractivity contribution in [3.8, 4) is 22.7 Å². The number of hydrogen-bond acceptors (Lipinski definition) is 4. The Morgan fingerprint density at radius 2 is 1.55 bits per heavy atom. The van der Waals surface area contributed by atoms with E-state index in [1.54, 1.807) is 4.68 Å². The zero-order chi connectivity index (χ0) is 28.9. The number of aromatic nitrogens is 2. The first-order chi connectivity index (χ1) is 19.0. The maximum Gasteiger partial charge on any atom is 0.272 e. The topological polar surface area (TPSA) is 85.2 Å². The second kappa shape index (κ2) is 12.4. The number of ether oxygens (including phenoxy) is 1. The molecular weight excluding hydrogens is 524 g/mol. The van der Waals surface area contributed by atoms with Gasteiger partial charge in [0.25, 0.3) is 5.91 Å². The van der Waals surface area contributed by atoms with Crippen LogP contribution in [0.1, 0.15) is 47.4 Å². The second-order valence-electron chi connectivity index (χ2n) is 10.5. The molecule has 0 spiro atoms. The molecule has 0 saturated heterocycles. The van der Waals surface area contributed by atoms with E-state index in [1.165, 1.54) is 0 Å². The Hall–Kier alpha value is -4.10. The summed E-state index contributed by atoms with van der Waals surface area (Å²) in [6.07, 6.45) is 0.180. The fourth-order valence-corrected chi connectivity index (χ4v) is 4.63. The summed E-state index contributed by atoms with van der Waals surface area (Å²) in [6.45, 7) is 10.2. The van der Waals surface area contributed by atoms with Gasteiger partial charge in [0.05, 0.1) is 17.8 Å². The van der Waals surface area contributed by atoms with E-state index in [9.17, 15) is 9.59 Å². The number of hydrogen-bond donors (Lipinski definition) is 2. The average Bonchev–Trinajstić information content (AvgIpc) is 3.25. The zero-order valence-corrected chi connectivity index (χ0v) is 24.3. The summed E-state index contributed by atoms with van der Waals surface area (Å²) >= 11 is 6.12. The lowest BCUT2D eigenvalue weighted by Gasteiger charge is -2.26. The number of halogens is 1. The van der Waals surface area contributed by atoms with Crippen molar-refractivity contribution in [3.63, 3.8) is 0 Å². The van der Waals surface area contributed by atoms with E-state index in [4.69, 9.17) is 21.4 Å². The zero-order valence-electron chi connectivity index (χ0n) is 23.5. The third-order valence-corrected chi connectivity index (χ3v) is 6.78. The molecule has 8 heteroatoms. The van der Waals surface area contributed by atoms with Crippen LogP contribution in [0, 0.1) is 20.8 Å². The molecule has 3 aromatic carbocycles. The summed E-state index contributed by atoms with van der Waals surface area (Å²) in [5.74, 6) is 0.253. The van der Waals surface area contributed by atoms with E-state index in [0.717, 1.165) is 33.6 Å². The number of rotatable bonds is 10. The highest BCUT2D eigenvalue weighted by Gasteiger charge is 2.25. The Kier molecular flexibility index (Phi) is 8.95. The van der Waals surface area contributed by atoms with Crippen LogP contribution in [0.5, 0.6) is 5.75 Å². The highest BCUT2D eigenvalue weighted by atomic mass is 35.5. The minimum Gasteiger partial charge on any atom is -0.487 e. The first-order valence-corrected chi connectivity index (χ1v) is 13.6. The van der Waals surface area contributed by atoms with Gasteiger partial charge in [0.2, 0.25) is 5.91 Å². The van der Waals surface area contributed by atoms with Gasteiger partial charge in [-0.3, -0.25) is 9.59 Å². The van der Waals surface area contributed by atoms with E-state index in [0.29, 0.717) is 16.5 Å². The van der Waals surface area contributed by atoms with E-state index in [2.05, 4.69) is 10.6 Å². The van der Waals surface area contributed by atoms with Gasteiger partial charge in [0.1, 0.15) is 11.4 Å². The summed E-state index contributed by atoms with van der Waals surface area (Å²) in [4.78, 5) is 25.8. The molecule has 0 fully saturated rings. The molecule has 0 radical (unpaired) electrons. The van der Waals surface area contributed by atoms with Crippen molar-refractivity contribution in [2.75, 3.05) is 13.1 Å². The van der Waals surface area contributed by atoms with Crippen molar-refractivity contribution in [3.05, 3.63) is 100 Å². The van der Waals surface area contributed by atoms with Gasteiger partial charge >= 0.3 is 0 Å². The molecule has 40 heavy (non-hydrogen) atoms. The first-order valence-electron chi connectivity index (χ1n) is 13.3. The van der Waals surface area contributed by atoms with Crippen LogP contribution < -0.4 is 15.4 Å². The van der Waals surface area contributed by atoms with Crippen molar-refractivity contribution < 1.29 is 14.3 Å². The van der Waals surface area contributed by atoms with E-state index >= 15 is 0 Å². The van der Waals surface area contributed by atoms with E-state index in [1.807, 2.05) is 107 Å². The molecule has 0 unspecified atom stereocenters. The molecule has 7 nitrogen and oxygen atoms in total. The van der Waals surface area contributed by atoms with Crippen molar-refractivity contribution >= 4 is 23.4 Å². The van der Waals surface area contributed by atoms with Crippen molar-refractivity contribution in [1.29, 1.82) is 0 Å². The number of carbonyl (C=O) groups is 2. The number of nitrogens with zero attached hydrogens (tertiary/aromatic N) is 2. The number of aryl methyl sites for hydroxylation is 2. The number of carbonyl (C=O) groups excluding carboxylic acids is 2. The minimum absolute atomic E-state index is 0.156. The minimum atomic E-state index is -0.680. The highest BCUT2D eigenvalue weighted by molar-refractivity contribution is 6.30. The average molecular weight is 559 g/mol. The van der Waals surface area contributed by atoms with Crippen molar-refractivity contribution in [2.45, 2.75) is 46.6 Å². The molecule has 2 amide bonds. The third kappa shape index (κ3) is 7.10. The number of para-hydroxylation sites is 1. The third-order valence-electron chi connectivity index (χ3n) is 6.53. The number of benzene rings is 3. The molecule has 2 N–H and O–H groups in total. The number of amides is 2. The molecule has 0 saturated carbocycles. The highest BCUT2D eigenvalue weighted by Crippen LogP contribution is 2.30. The van der Waals surface area contributed by atoms with Crippen molar-refractivity contribution in [2.24, 2.45) is 0 Å². The molecular formula is C32H35ClN4O3. The molecule has 0 aliphatic heterocycles. The normalized spacial score (nSPS) is 11.2. The summed E-state index contributed by atoms with van der Waals surface area (Å²) in [7, 11) is 0. The molecule has 1 heterocycles. The maximum absolute atomic E-state index is 13.2. The maximum atomic E-state index is 13.2. The van der Waals surface area contributed by atoms with Crippen LogP contribution in [0.4, 0.5) is 0 Å². The summed E-state index contributed by atoms with van der Waals surface area (Å²) in [5.41, 5.74) is 5.18. The Morgan fingerprint density at radius 3 is 2.23 bits per heavy atom. The fourth-order valence-electron chi connectivity index (χ4n) is 4.51. The predicted molar refractivity (Wildman–Crippen MR) is 159 cm³/mol. The van der Waals surface area contributed by atoms with Crippen LogP contribution in [-0.2, 0) is 4.79 Å². The van der Waals surface area contributed by atoms with Crippen LogP contribution in [0.2, 0.25) is 5.02 Å². The molecule has 0 aliphatic carbocycles. The smallest absolute Gasteiger partial charge is 0.272 e. The number of nitrogens with one attached hydrogen (secondary N) is 2. The second-order valence-corrected chi connectivity index (χ2v) is 10.9. The van der Waals surface area contributed by atoms with E-state index < -0.39 is 5.60 Å². The van der Waals surface area contributed by atoms with Gasteiger partial charge in [0.15, 0.2) is 5.69 Å². The van der Waals surface area contributed by atoms with Gasteiger partial charge in [0, 0.05) is 29.2 Å². The van der Waals surface area contributed by atoms with Gasteiger partial charge in [-0.2, -0.15) is 5.10 Å². The standard InChI is InChI=1S/C32H35ClN4O3/c1-21-10-16-26(17-11-21)40-32(4,5)20-28(38)34-18-19-35-31(39)29-23(3)30(24-12-14-25(33)15-13-24)37(36-29)27-9-7-6-8-22(27)2/h6-17H,18-20H2,1-5H3,(H,34,38)(H,35,39). The Morgan fingerprint density at radius 1 is 0.900 bits per heavy atom. The monoisotopic (exact) mass is 558 g/mol. The Bertz CT molecular complexity index is 1490. The lowest BCUT2D eigenvalue weighted by atomic mass is 10.0. The van der Waals surface area contributed by atoms with Gasteiger partial charge < -0.3 is 15.4 Å². The van der Waals surface area contributed by atoms with E-state index in [-0.39, 0.29) is 31.3 Å². The van der Waals surface area contributed by atoms with Crippen LogP contribution in [0.3, 0.4) is 0 Å². The Labute approximate surface area is 240 Å². The SMILES string of the molecule is Cc1ccc(OC(C)(C)CC(=O)NCCNC(=O)c2nn(-c3ccccc3C)c(-c3ccc(Cl)cc3)c2C)cc1. The van der Waals surface area contributed by atoms with Gasteiger partial charge in [-0.25, -0.2) is 4.68 Å². The van der Waals surface area contributed by atoms with Gasteiger partial charge in [-0.1, -0.05) is 59.6 Å². The van der Waals surface area contributed by atoms with Crippen LogP contribution in [0.25, 0.3) is 16.9 Å². The molecule has 0 bridgehead atoms. The molecule has 0 atom stereocenters. The summed E-state index contributed by atoms with van der Waals surface area (Å²) in [6, 6.07) is 23.1. The van der Waals surface area contributed by atoms with Crippen LogP contribution >= 0.6 is 11.6 Å². The lowest BCUT2D eigenvalue weighted by molar-refractivity contribution is -0.124. The molecule has 1 aromatic heterocycles. The molecule has 208 valence electrons. The largest absolute Gasteiger partial charge is 0.487 e. The summed E-state index contributed by atoms with van der Waals surface area (Å²) in [5, 5.41) is 11.1. The quantitative estimate of drug-likeness (QED) is 0.227. The lowest BCUT2D eigenvalue weighted by Crippen LogP contribution is -2.40. The van der Waals surface area contributed by atoms with Gasteiger partial charge in [-0.05, 0) is 70.5 Å². The van der Waals surface area contributed by atoms with Gasteiger partial charge in [-0.15, -0.1) is 0 Å². The molecule has 0 aliphatic rings. The Balaban J connectivity index is 1.40. The van der Waals surface area contributed by atoms with Crippen LogP contribution in [0.15, 0.2) is 72.8 Å². The fraction of sp³-hybridized carbons (Fsp3) is 0.281. The molecule has 4 rings (SSSR count). The molecule has 4 aromatic rings. The van der Waals surface area contributed by atoms with Crippen molar-refractivity contribution in [1.82, 2.24) is 20.4 Å². The predicted octanol–water partition coefficient (Wildman–Crippen LogP) is 6.21.